The van der Waals surface area contributed by atoms with Crippen LogP contribution in [0.15, 0.2) is 30.3 Å². The first-order valence-corrected chi connectivity index (χ1v) is 6.67. The number of para-hydroxylation sites is 1. The molecule has 0 radical (unpaired) electrons. The third-order valence-corrected chi connectivity index (χ3v) is 3.93. The normalized spacial score (nSPS) is 23.6. The maximum absolute atomic E-state index is 11.3. The standard InChI is InChI=1S/C15H21NO2/c1-16(13-8-3-2-4-9-13)11-12-7-5-6-10-14(12)15(17)18/h2-4,8-9,12,14H,5-7,10-11H2,1H3,(H,17,18). The number of anilines is 1. The van der Waals surface area contributed by atoms with Crippen LogP contribution in [0.1, 0.15) is 25.7 Å². The van der Waals surface area contributed by atoms with Crippen molar-refractivity contribution in [2.24, 2.45) is 11.8 Å². The first-order valence-electron chi connectivity index (χ1n) is 6.67. The Morgan fingerprint density at radius 1 is 1.28 bits per heavy atom. The van der Waals surface area contributed by atoms with E-state index in [0.717, 1.165) is 37.9 Å². The fourth-order valence-corrected chi connectivity index (χ4v) is 2.89. The highest BCUT2D eigenvalue weighted by Gasteiger charge is 2.31. The number of hydrogen-bond acceptors (Lipinski definition) is 2. The molecule has 3 heteroatoms. The van der Waals surface area contributed by atoms with Crippen LogP contribution in [0.3, 0.4) is 0 Å². The van der Waals surface area contributed by atoms with Crippen LogP contribution in [0.25, 0.3) is 0 Å². The molecule has 0 amide bonds. The van der Waals surface area contributed by atoms with Crippen molar-refractivity contribution in [1.82, 2.24) is 0 Å². The Hall–Kier alpha value is -1.51. The molecule has 0 spiro atoms. The SMILES string of the molecule is CN(CC1CCCCC1C(=O)O)c1ccccc1. The third kappa shape index (κ3) is 3.03. The van der Waals surface area contributed by atoms with Gasteiger partial charge in [0.25, 0.3) is 0 Å². The molecule has 0 saturated heterocycles. The number of aliphatic carboxylic acids is 1. The van der Waals surface area contributed by atoms with Gasteiger partial charge in [-0.2, -0.15) is 0 Å². The van der Waals surface area contributed by atoms with Crippen molar-refractivity contribution < 1.29 is 9.90 Å². The Balaban J connectivity index is 2.01. The average molecular weight is 247 g/mol. The summed E-state index contributed by atoms with van der Waals surface area (Å²) in [6.07, 6.45) is 4.09. The van der Waals surface area contributed by atoms with Crippen LogP contribution in [-0.4, -0.2) is 24.7 Å². The lowest BCUT2D eigenvalue weighted by Gasteiger charge is -2.32. The Bertz CT molecular complexity index is 391. The fraction of sp³-hybridized carbons (Fsp3) is 0.533. The molecular formula is C15H21NO2. The molecule has 1 saturated carbocycles. The van der Waals surface area contributed by atoms with Crippen LogP contribution in [0.2, 0.25) is 0 Å². The molecule has 2 unspecified atom stereocenters. The molecule has 2 rings (SSSR count). The molecule has 1 aliphatic carbocycles. The highest BCUT2D eigenvalue weighted by Crippen LogP contribution is 2.31. The molecule has 0 bridgehead atoms. The van der Waals surface area contributed by atoms with Gasteiger partial charge in [0.15, 0.2) is 0 Å². The lowest BCUT2D eigenvalue weighted by atomic mass is 9.79. The van der Waals surface area contributed by atoms with Crippen molar-refractivity contribution >= 4 is 11.7 Å². The molecule has 18 heavy (non-hydrogen) atoms. The number of nitrogens with zero attached hydrogens (tertiary/aromatic N) is 1. The van der Waals surface area contributed by atoms with Gasteiger partial charge in [-0.05, 0) is 30.9 Å². The summed E-state index contributed by atoms with van der Waals surface area (Å²) in [6.45, 7) is 0.834. The average Bonchev–Trinajstić information content (AvgIpc) is 2.40. The van der Waals surface area contributed by atoms with Gasteiger partial charge in [0.05, 0.1) is 5.92 Å². The van der Waals surface area contributed by atoms with Gasteiger partial charge in [0, 0.05) is 19.3 Å². The van der Waals surface area contributed by atoms with Gasteiger partial charge < -0.3 is 10.0 Å². The summed E-state index contributed by atoms with van der Waals surface area (Å²) < 4.78 is 0. The van der Waals surface area contributed by atoms with E-state index in [0.29, 0.717) is 0 Å². The Morgan fingerprint density at radius 2 is 1.94 bits per heavy atom. The monoisotopic (exact) mass is 247 g/mol. The fourth-order valence-electron chi connectivity index (χ4n) is 2.89. The van der Waals surface area contributed by atoms with E-state index in [2.05, 4.69) is 17.0 Å². The number of carbonyl (C=O) groups is 1. The van der Waals surface area contributed by atoms with E-state index in [1.807, 2.05) is 25.2 Å². The first kappa shape index (κ1) is 12.9. The minimum Gasteiger partial charge on any atom is -0.481 e. The quantitative estimate of drug-likeness (QED) is 0.889. The number of hydrogen-bond donors (Lipinski definition) is 1. The van der Waals surface area contributed by atoms with E-state index in [-0.39, 0.29) is 11.8 Å². The highest BCUT2D eigenvalue weighted by molar-refractivity contribution is 5.70. The molecular weight excluding hydrogens is 226 g/mol. The van der Waals surface area contributed by atoms with Crippen molar-refractivity contribution in [2.75, 3.05) is 18.5 Å². The summed E-state index contributed by atoms with van der Waals surface area (Å²) in [5.74, 6) is -0.507. The van der Waals surface area contributed by atoms with Gasteiger partial charge in [-0.15, -0.1) is 0 Å². The first-order chi connectivity index (χ1) is 8.68. The Kier molecular flexibility index (Phi) is 4.24. The van der Waals surface area contributed by atoms with Crippen LogP contribution in [0.5, 0.6) is 0 Å². The minimum atomic E-state index is -0.624. The summed E-state index contributed by atoms with van der Waals surface area (Å²) in [4.78, 5) is 13.4. The van der Waals surface area contributed by atoms with Gasteiger partial charge in [-0.3, -0.25) is 4.79 Å². The molecule has 0 aliphatic heterocycles. The molecule has 0 heterocycles. The van der Waals surface area contributed by atoms with E-state index in [1.165, 1.54) is 0 Å². The van der Waals surface area contributed by atoms with Crippen molar-refractivity contribution in [1.29, 1.82) is 0 Å². The van der Waals surface area contributed by atoms with E-state index >= 15 is 0 Å². The van der Waals surface area contributed by atoms with Crippen LogP contribution < -0.4 is 4.90 Å². The summed E-state index contributed by atoms with van der Waals surface area (Å²) >= 11 is 0. The van der Waals surface area contributed by atoms with Gasteiger partial charge in [0.2, 0.25) is 0 Å². The molecule has 1 aliphatic rings. The second-order valence-electron chi connectivity index (χ2n) is 5.21. The smallest absolute Gasteiger partial charge is 0.306 e. The zero-order valence-corrected chi connectivity index (χ0v) is 10.9. The molecule has 1 aromatic rings. The highest BCUT2D eigenvalue weighted by atomic mass is 16.4. The van der Waals surface area contributed by atoms with E-state index in [9.17, 15) is 9.90 Å². The van der Waals surface area contributed by atoms with Crippen molar-refractivity contribution in [3.63, 3.8) is 0 Å². The zero-order valence-electron chi connectivity index (χ0n) is 10.9. The molecule has 3 nitrogen and oxygen atoms in total. The zero-order chi connectivity index (χ0) is 13.0. The van der Waals surface area contributed by atoms with Gasteiger partial charge in [0.1, 0.15) is 0 Å². The number of rotatable bonds is 4. The van der Waals surface area contributed by atoms with Gasteiger partial charge >= 0.3 is 5.97 Å². The maximum atomic E-state index is 11.3. The Labute approximate surface area is 108 Å². The molecule has 0 aromatic heterocycles. The third-order valence-electron chi connectivity index (χ3n) is 3.93. The van der Waals surface area contributed by atoms with Crippen molar-refractivity contribution in [2.45, 2.75) is 25.7 Å². The molecule has 1 fully saturated rings. The van der Waals surface area contributed by atoms with Crippen LogP contribution in [0, 0.1) is 11.8 Å². The summed E-state index contributed by atoms with van der Waals surface area (Å²) in [5, 5.41) is 9.27. The number of carboxylic acids is 1. The molecule has 2 atom stereocenters. The predicted molar refractivity (Wildman–Crippen MR) is 72.8 cm³/mol. The number of carboxylic acid groups (broad SMARTS) is 1. The summed E-state index contributed by atoms with van der Waals surface area (Å²) in [7, 11) is 2.04. The van der Waals surface area contributed by atoms with Gasteiger partial charge in [-0.1, -0.05) is 31.0 Å². The molecule has 98 valence electrons. The lowest BCUT2D eigenvalue weighted by molar-refractivity contribution is -0.144. The molecule has 1 N–H and O–H groups in total. The minimum absolute atomic E-state index is 0.162. The van der Waals surface area contributed by atoms with Crippen molar-refractivity contribution in [3.05, 3.63) is 30.3 Å². The van der Waals surface area contributed by atoms with E-state index < -0.39 is 5.97 Å². The van der Waals surface area contributed by atoms with E-state index in [4.69, 9.17) is 0 Å². The van der Waals surface area contributed by atoms with Crippen LogP contribution in [0.4, 0.5) is 5.69 Å². The van der Waals surface area contributed by atoms with Crippen molar-refractivity contribution in [3.8, 4) is 0 Å². The van der Waals surface area contributed by atoms with Crippen LogP contribution in [-0.2, 0) is 4.79 Å². The Morgan fingerprint density at radius 3 is 2.61 bits per heavy atom. The topological polar surface area (TPSA) is 40.5 Å². The maximum Gasteiger partial charge on any atom is 0.306 e. The second-order valence-corrected chi connectivity index (χ2v) is 5.21. The summed E-state index contributed by atoms with van der Waals surface area (Å²) in [6, 6.07) is 10.2. The van der Waals surface area contributed by atoms with Crippen LogP contribution >= 0.6 is 0 Å². The van der Waals surface area contributed by atoms with E-state index in [1.54, 1.807) is 0 Å². The number of benzene rings is 1. The summed E-state index contributed by atoms with van der Waals surface area (Å²) in [5.41, 5.74) is 1.16. The lowest BCUT2D eigenvalue weighted by Crippen LogP contribution is -2.35. The molecule has 1 aromatic carbocycles. The largest absolute Gasteiger partial charge is 0.481 e. The van der Waals surface area contributed by atoms with Gasteiger partial charge in [-0.25, -0.2) is 0 Å². The predicted octanol–water partition coefficient (Wildman–Crippen LogP) is 3.01. The second kappa shape index (κ2) is 5.89.